The Balaban J connectivity index is 1.59. The van der Waals surface area contributed by atoms with Gasteiger partial charge in [0.05, 0.1) is 6.04 Å². The summed E-state index contributed by atoms with van der Waals surface area (Å²) in [6.45, 7) is 3.85. The van der Waals surface area contributed by atoms with Crippen molar-refractivity contribution in [3.63, 3.8) is 0 Å². The number of hydrogen-bond acceptors (Lipinski definition) is 6. The van der Waals surface area contributed by atoms with E-state index in [0.29, 0.717) is 11.8 Å². The quantitative estimate of drug-likeness (QED) is 0.872. The van der Waals surface area contributed by atoms with Crippen molar-refractivity contribution in [3.8, 4) is 0 Å². The van der Waals surface area contributed by atoms with E-state index in [9.17, 15) is 4.79 Å². The topological polar surface area (TPSA) is 74.5 Å². The second-order valence-electron chi connectivity index (χ2n) is 6.21. The van der Waals surface area contributed by atoms with E-state index in [0.717, 1.165) is 45.4 Å². The number of rotatable bonds is 4. The molecule has 0 spiro atoms. The van der Waals surface area contributed by atoms with E-state index >= 15 is 0 Å². The number of carbonyl (C=O) groups is 1. The predicted octanol–water partition coefficient (Wildman–Crippen LogP) is 0.518. The van der Waals surface area contributed by atoms with Crippen LogP contribution in [-0.4, -0.2) is 66.1 Å². The zero-order valence-corrected chi connectivity index (χ0v) is 12.7. The lowest BCUT2D eigenvalue weighted by atomic mass is 10.1. The zero-order chi connectivity index (χ0) is 14.8. The molecule has 7 heteroatoms. The summed E-state index contributed by atoms with van der Waals surface area (Å²) in [6, 6.07) is 0.104. The molecule has 1 N–H and O–H groups in total. The van der Waals surface area contributed by atoms with Crippen molar-refractivity contribution in [2.45, 2.75) is 25.3 Å². The highest BCUT2D eigenvalue weighted by molar-refractivity contribution is 5.90. The number of carbonyl (C=O) groups excluding carboxylic acids is 1. The summed E-state index contributed by atoms with van der Waals surface area (Å²) in [7, 11) is 3.92. The Bertz CT molecular complexity index is 497. The van der Waals surface area contributed by atoms with Crippen LogP contribution in [0.15, 0.2) is 4.52 Å². The van der Waals surface area contributed by atoms with Crippen molar-refractivity contribution in [1.29, 1.82) is 0 Å². The lowest BCUT2D eigenvalue weighted by Gasteiger charge is -2.19. The van der Waals surface area contributed by atoms with Crippen molar-refractivity contribution < 1.29 is 9.32 Å². The molecule has 2 atom stereocenters. The van der Waals surface area contributed by atoms with Crippen LogP contribution in [0.3, 0.4) is 0 Å². The average Bonchev–Trinajstić information content (AvgIpc) is 3.18. The molecular weight excluding hydrogens is 270 g/mol. The minimum atomic E-state index is -0.155. The Morgan fingerprint density at radius 3 is 3.05 bits per heavy atom. The average molecular weight is 293 g/mol. The van der Waals surface area contributed by atoms with Crippen LogP contribution in [-0.2, 0) is 0 Å². The van der Waals surface area contributed by atoms with Gasteiger partial charge in [0.25, 0.3) is 11.7 Å². The Morgan fingerprint density at radius 1 is 1.52 bits per heavy atom. The number of likely N-dealkylation sites (tertiary alicyclic amines) is 1. The minimum absolute atomic E-state index is 0.104. The van der Waals surface area contributed by atoms with Gasteiger partial charge in [0, 0.05) is 20.1 Å². The molecule has 2 aliphatic heterocycles. The van der Waals surface area contributed by atoms with Crippen LogP contribution >= 0.6 is 0 Å². The van der Waals surface area contributed by atoms with Gasteiger partial charge in [-0.3, -0.25) is 4.79 Å². The molecule has 0 bridgehead atoms. The monoisotopic (exact) mass is 293 g/mol. The number of hydrogen-bond donors (Lipinski definition) is 1. The first-order valence-corrected chi connectivity index (χ1v) is 7.64. The summed E-state index contributed by atoms with van der Waals surface area (Å²) >= 11 is 0. The van der Waals surface area contributed by atoms with Crippen molar-refractivity contribution >= 4 is 5.91 Å². The normalized spacial score (nSPS) is 26.4. The van der Waals surface area contributed by atoms with Gasteiger partial charge in [0.2, 0.25) is 5.89 Å². The fraction of sp³-hybridized carbons (Fsp3) is 0.786. The highest BCUT2D eigenvalue weighted by Gasteiger charge is 2.27. The first-order valence-electron chi connectivity index (χ1n) is 7.64. The van der Waals surface area contributed by atoms with Gasteiger partial charge in [-0.1, -0.05) is 5.16 Å². The molecule has 0 radical (unpaired) electrons. The molecule has 0 saturated carbocycles. The third-order valence-corrected chi connectivity index (χ3v) is 4.36. The number of amides is 1. The first-order chi connectivity index (χ1) is 10.1. The molecule has 1 amide bonds. The van der Waals surface area contributed by atoms with Crippen molar-refractivity contribution in [1.82, 2.24) is 25.3 Å². The molecule has 1 aromatic heterocycles. The van der Waals surface area contributed by atoms with E-state index in [2.05, 4.69) is 27.4 Å². The molecule has 21 heavy (non-hydrogen) atoms. The third kappa shape index (κ3) is 3.24. The standard InChI is InChI=1S/C14H23N5O2/c1-18-7-5-10(8-18)9-19(2)14(20)12-16-13(21-17-12)11-4-3-6-15-11/h10-11,15H,3-9H2,1-2H3. The second kappa shape index (κ2) is 6.11. The van der Waals surface area contributed by atoms with E-state index in [-0.39, 0.29) is 17.8 Å². The van der Waals surface area contributed by atoms with Gasteiger partial charge in [-0.05, 0) is 45.3 Å². The molecular formula is C14H23N5O2. The zero-order valence-electron chi connectivity index (χ0n) is 12.7. The molecule has 2 unspecified atom stereocenters. The highest BCUT2D eigenvalue weighted by Crippen LogP contribution is 2.21. The molecule has 0 aliphatic carbocycles. The van der Waals surface area contributed by atoms with Gasteiger partial charge in [-0.2, -0.15) is 4.98 Å². The van der Waals surface area contributed by atoms with Gasteiger partial charge in [-0.15, -0.1) is 0 Å². The van der Waals surface area contributed by atoms with E-state index < -0.39 is 0 Å². The van der Waals surface area contributed by atoms with Crippen LogP contribution in [0.25, 0.3) is 0 Å². The summed E-state index contributed by atoms with van der Waals surface area (Å²) < 4.78 is 5.23. The fourth-order valence-electron chi connectivity index (χ4n) is 3.18. The van der Waals surface area contributed by atoms with Crippen LogP contribution < -0.4 is 5.32 Å². The molecule has 2 fully saturated rings. The molecule has 7 nitrogen and oxygen atoms in total. The largest absolute Gasteiger partial charge is 0.339 e. The van der Waals surface area contributed by atoms with Crippen LogP contribution in [0, 0.1) is 5.92 Å². The Labute approximate surface area is 124 Å². The van der Waals surface area contributed by atoms with Gasteiger partial charge in [0.1, 0.15) is 0 Å². The van der Waals surface area contributed by atoms with Crippen LogP contribution in [0.1, 0.15) is 41.8 Å². The molecule has 3 rings (SSSR count). The third-order valence-electron chi connectivity index (χ3n) is 4.36. The summed E-state index contributed by atoms with van der Waals surface area (Å²) in [5.74, 6) is 1.08. The molecule has 2 aliphatic rings. The smallest absolute Gasteiger partial charge is 0.295 e. The van der Waals surface area contributed by atoms with Crippen LogP contribution in [0.2, 0.25) is 0 Å². The Kier molecular flexibility index (Phi) is 4.21. The van der Waals surface area contributed by atoms with Crippen LogP contribution in [0.5, 0.6) is 0 Å². The summed E-state index contributed by atoms with van der Waals surface area (Å²) in [5, 5.41) is 7.13. The van der Waals surface area contributed by atoms with E-state index in [1.54, 1.807) is 4.90 Å². The maximum atomic E-state index is 12.3. The van der Waals surface area contributed by atoms with E-state index in [1.165, 1.54) is 0 Å². The SMILES string of the molecule is CN1CCC(CN(C)C(=O)c2noc(C3CCCN3)n2)C1. The Morgan fingerprint density at radius 2 is 2.38 bits per heavy atom. The molecule has 0 aromatic carbocycles. The molecule has 2 saturated heterocycles. The van der Waals surface area contributed by atoms with Crippen LogP contribution in [0.4, 0.5) is 0 Å². The summed E-state index contributed by atoms with van der Waals surface area (Å²) in [6.07, 6.45) is 3.23. The molecule has 3 heterocycles. The van der Waals surface area contributed by atoms with E-state index in [4.69, 9.17) is 4.52 Å². The minimum Gasteiger partial charge on any atom is -0.339 e. The molecule has 1 aromatic rings. The van der Waals surface area contributed by atoms with Gasteiger partial charge < -0.3 is 19.6 Å². The molecule has 116 valence electrons. The number of nitrogens with one attached hydrogen (secondary N) is 1. The van der Waals surface area contributed by atoms with Gasteiger partial charge >= 0.3 is 0 Å². The Hall–Kier alpha value is -1.47. The number of nitrogens with zero attached hydrogens (tertiary/aromatic N) is 4. The second-order valence-corrected chi connectivity index (χ2v) is 6.21. The highest BCUT2D eigenvalue weighted by atomic mass is 16.5. The van der Waals surface area contributed by atoms with Crippen molar-refractivity contribution in [2.24, 2.45) is 5.92 Å². The van der Waals surface area contributed by atoms with E-state index in [1.807, 2.05) is 7.05 Å². The predicted molar refractivity (Wildman–Crippen MR) is 76.8 cm³/mol. The van der Waals surface area contributed by atoms with Crippen molar-refractivity contribution in [2.75, 3.05) is 40.3 Å². The summed E-state index contributed by atoms with van der Waals surface area (Å²) in [4.78, 5) is 20.6. The summed E-state index contributed by atoms with van der Waals surface area (Å²) in [5.41, 5.74) is 0. The first kappa shape index (κ1) is 14.5. The lowest BCUT2D eigenvalue weighted by molar-refractivity contribution is 0.0758. The fourth-order valence-corrected chi connectivity index (χ4v) is 3.18. The van der Waals surface area contributed by atoms with Crippen molar-refractivity contribution in [3.05, 3.63) is 11.7 Å². The lowest BCUT2D eigenvalue weighted by Crippen LogP contribution is -2.33. The van der Waals surface area contributed by atoms with Gasteiger partial charge in [0.15, 0.2) is 0 Å². The number of aromatic nitrogens is 2. The maximum absolute atomic E-state index is 12.3. The van der Waals surface area contributed by atoms with Gasteiger partial charge in [-0.25, -0.2) is 0 Å². The maximum Gasteiger partial charge on any atom is 0.295 e.